The van der Waals surface area contributed by atoms with E-state index in [0.29, 0.717) is 24.3 Å². The highest BCUT2D eigenvalue weighted by molar-refractivity contribution is 9.14. The second kappa shape index (κ2) is 5.99. The Bertz CT molecular complexity index is 351. The number of thiophene rings is 1. The molecule has 0 unspecified atom stereocenters. The predicted octanol–water partition coefficient (Wildman–Crippen LogP) is 5.24. The molecule has 0 radical (unpaired) electrons. The van der Waals surface area contributed by atoms with Gasteiger partial charge in [0.05, 0.1) is 17.6 Å². The number of halogens is 4. The molecule has 78 valence electrons. The topological polar surface area (TPSA) is 17.1 Å². The van der Waals surface area contributed by atoms with Gasteiger partial charge in [0.15, 0.2) is 5.78 Å². The normalized spacial score (nSPS) is 10.6. The van der Waals surface area contributed by atoms with Gasteiger partial charge in [-0.05, 0) is 54.2 Å². The summed E-state index contributed by atoms with van der Waals surface area (Å²) in [6, 6.07) is 0. The van der Waals surface area contributed by atoms with Gasteiger partial charge in [-0.15, -0.1) is 22.9 Å². The average molecular weight is 425 g/mol. The number of hydrogen-bond donors (Lipinski definition) is 0. The van der Waals surface area contributed by atoms with Gasteiger partial charge < -0.3 is 0 Å². The van der Waals surface area contributed by atoms with Gasteiger partial charge in [-0.25, -0.2) is 0 Å². The Kier molecular flexibility index (Phi) is 5.63. The number of alkyl halides is 1. The summed E-state index contributed by atoms with van der Waals surface area (Å²) in [7, 11) is 0. The molecule has 0 spiro atoms. The smallest absolute Gasteiger partial charge is 0.166 e. The van der Waals surface area contributed by atoms with Crippen LogP contribution in [0.4, 0.5) is 0 Å². The van der Waals surface area contributed by atoms with Gasteiger partial charge in [-0.3, -0.25) is 4.79 Å². The lowest BCUT2D eigenvalue weighted by Gasteiger charge is -1.98. The lowest BCUT2D eigenvalue weighted by atomic mass is 10.1. The van der Waals surface area contributed by atoms with E-state index >= 15 is 0 Å². The van der Waals surface area contributed by atoms with Crippen LogP contribution in [-0.4, -0.2) is 11.7 Å². The van der Waals surface area contributed by atoms with E-state index in [-0.39, 0.29) is 5.78 Å². The monoisotopic (exact) mass is 422 g/mol. The van der Waals surface area contributed by atoms with Crippen molar-refractivity contribution in [3.8, 4) is 0 Å². The maximum absolute atomic E-state index is 11.7. The van der Waals surface area contributed by atoms with Crippen LogP contribution in [0, 0.1) is 0 Å². The molecule has 0 aliphatic heterocycles. The van der Waals surface area contributed by atoms with E-state index in [1.54, 1.807) is 0 Å². The first kappa shape index (κ1) is 13.2. The largest absolute Gasteiger partial charge is 0.294 e. The van der Waals surface area contributed by atoms with Crippen LogP contribution in [0.25, 0.3) is 0 Å². The zero-order valence-corrected chi connectivity index (χ0v) is 13.3. The highest BCUT2D eigenvalue weighted by atomic mass is 79.9. The highest BCUT2D eigenvalue weighted by Gasteiger charge is 2.18. The summed E-state index contributed by atoms with van der Waals surface area (Å²) in [5.74, 6) is 0.637. The summed E-state index contributed by atoms with van der Waals surface area (Å²) in [6.07, 6.45) is 1.20. The Morgan fingerprint density at radius 1 is 1.29 bits per heavy atom. The lowest BCUT2D eigenvalue weighted by molar-refractivity contribution is 0.0981. The fraction of sp³-hybridized carbons (Fsp3) is 0.375. The van der Waals surface area contributed by atoms with Gasteiger partial charge >= 0.3 is 0 Å². The summed E-state index contributed by atoms with van der Waals surface area (Å²) in [5, 5.41) is 0. The minimum Gasteiger partial charge on any atom is -0.294 e. The molecule has 0 fully saturated rings. The molecule has 0 aliphatic carbocycles. The summed E-state index contributed by atoms with van der Waals surface area (Å²) < 4.78 is 2.61. The van der Waals surface area contributed by atoms with Crippen LogP contribution in [-0.2, 0) is 0 Å². The number of rotatable bonds is 4. The zero-order chi connectivity index (χ0) is 10.7. The van der Waals surface area contributed by atoms with E-state index in [1.165, 1.54) is 11.3 Å². The van der Waals surface area contributed by atoms with Crippen LogP contribution < -0.4 is 0 Å². The second-order valence-corrected chi connectivity index (χ2v) is 7.38. The van der Waals surface area contributed by atoms with Crippen molar-refractivity contribution < 1.29 is 4.79 Å². The molecule has 1 heterocycles. The van der Waals surface area contributed by atoms with Crippen molar-refractivity contribution in [3.05, 3.63) is 17.6 Å². The van der Waals surface area contributed by atoms with Gasteiger partial charge in [0, 0.05) is 12.3 Å². The Hall–Kier alpha value is 1.10. The van der Waals surface area contributed by atoms with E-state index in [9.17, 15) is 4.79 Å². The van der Waals surface area contributed by atoms with Crippen molar-refractivity contribution >= 4 is 76.5 Å². The predicted molar refractivity (Wildman–Crippen MR) is 71.7 cm³/mol. The molecule has 0 saturated carbocycles. The Morgan fingerprint density at radius 2 is 1.93 bits per heavy atom. The number of carbonyl (C=O) groups excluding carboxylic acids is 1. The van der Waals surface area contributed by atoms with Gasteiger partial charge in [-0.1, -0.05) is 0 Å². The average Bonchev–Trinajstić information content (AvgIpc) is 2.38. The van der Waals surface area contributed by atoms with Gasteiger partial charge in [0.2, 0.25) is 0 Å². The molecule has 0 N–H and O–H groups in total. The first-order valence-electron chi connectivity index (χ1n) is 3.80. The molecule has 0 aliphatic rings. The quantitative estimate of drug-likeness (QED) is 0.477. The molecule has 1 rings (SSSR count). The maximum atomic E-state index is 11.7. The van der Waals surface area contributed by atoms with Crippen LogP contribution in [0.2, 0.25) is 0 Å². The molecular formula is C8H6Br3ClOS. The molecule has 0 atom stereocenters. The van der Waals surface area contributed by atoms with Gasteiger partial charge in [-0.2, -0.15) is 0 Å². The number of carbonyl (C=O) groups is 1. The Morgan fingerprint density at radius 3 is 2.36 bits per heavy atom. The molecule has 0 amide bonds. The van der Waals surface area contributed by atoms with Crippen molar-refractivity contribution in [2.24, 2.45) is 0 Å². The summed E-state index contributed by atoms with van der Waals surface area (Å²) in [6.45, 7) is 0. The van der Waals surface area contributed by atoms with E-state index < -0.39 is 0 Å². The Balaban J connectivity index is 2.89. The maximum Gasteiger partial charge on any atom is 0.166 e. The van der Waals surface area contributed by atoms with Crippen LogP contribution in [0.1, 0.15) is 23.2 Å². The molecule has 1 aromatic heterocycles. The number of Topliss-reactive ketones (excluding diaryl/α,β-unsaturated/α-hetero) is 1. The summed E-state index contributed by atoms with van der Waals surface area (Å²) in [4.78, 5) is 11.7. The molecule has 0 saturated heterocycles. The second-order valence-electron chi connectivity index (χ2n) is 2.55. The van der Waals surface area contributed by atoms with Crippen LogP contribution in [0.5, 0.6) is 0 Å². The standard InChI is InChI=1S/C8H6Br3ClOS/c9-6-5(4(13)2-1-3-12)7(10)14-8(6)11/h1-3H2. The highest BCUT2D eigenvalue weighted by Crippen LogP contribution is 2.41. The van der Waals surface area contributed by atoms with E-state index in [4.69, 9.17) is 11.6 Å². The van der Waals surface area contributed by atoms with E-state index in [1.807, 2.05) is 0 Å². The molecule has 14 heavy (non-hydrogen) atoms. The molecule has 6 heteroatoms. The van der Waals surface area contributed by atoms with Crippen molar-refractivity contribution in [2.45, 2.75) is 12.8 Å². The third-order valence-corrected chi connectivity index (χ3v) is 5.97. The van der Waals surface area contributed by atoms with Crippen LogP contribution in [0.3, 0.4) is 0 Å². The van der Waals surface area contributed by atoms with Crippen LogP contribution in [0.15, 0.2) is 12.0 Å². The third kappa shape index (κ3) is 3.04. The minimum atomic E-state index is 0.117. The summed E-state index contributed by atoms with van der Waals surface area (Å²) in [5.41, 5.74) is 0.715. The SMILES string of the molecule is O=C(CCCCl)c1c(Br)sc(Br)c1Br. The number of hydrogen-bond acceptors (Lipinski definition) is 2. The fourth-order valence-corrected chi connectivity index (χ4v) is 5.04. The first-order chi connectivity index (χ1) is 6.57. The lowest BCUT2D eigenvalue weighted by Crippen LogP contribution is -1.99. The summed E-state index contributed by atoms with van der Waals surface area (Å²) >= 11 is 17.1. The van der Waals surface area contributed by atoms with Crippen molar-refractivity contribution in [1.29, 1.82) is 0 Å². The zero-order valence-electron chi connectivity index (χ0n) is 6.95. The van der Waals surface area contributed by atoms with Gasteiger partial charge in [0.1, 0.15) is 0 Å². The number of ketones is 1. The Labute approximate surface area is 117 Å². The fourth-order valence-electron chi connectivity index (χ4n) is 0.943. The molecule has 1 nitrogen and oxygen atoms in total. The third-order valence-electron chi connectivity index (χ3n) is 1.58. The van der Waals surface area contributed by atoms with Crippen molar-refractivity contribution in [2.75, 3.05) is 5.88 Å². The molecule has 0 aromatic carbocycles. The molecular weight excluding hydrogens is 419 g/mol. The van der Waals surface area contributed by atoms with E-state index in [0.717, 1.165) is 12.0 Å². The molecule has 0 bridgehead atoms. The first-order valence-corrected chi connectivity index (χ1v) is 7.53. The van der Waals surface area contributed by atoms with Crippen molar-refractivity contribution in [1.82, 2.24) is 0 Å². The van der Waals surface area contributed by atoms with E-state index in [2.05, 4.69) is 47.8 Å². The molecule has 1 aromatic rings. The van der Waals surface area contributed by atoms with Crippen LogP contribution >= 0.6 is 70.7 Å². The van der Waals surface area contributed by atoms with Gasteiger partial charge in [0.25, 0.3) is 0 Å². The van der Waals surface area contributed by atoms with Crippen molar-refractivity contribution in [3.63, 3.8) is 0 Å². The minimum absolute atomic E-state index is 0.117.